The fourth-order valence-corrected chi connectivity index (χ4v) is 8.41. The molecule has 0 aromatic heterocycles. The van der Waals surface area contributed by atoms with Gasteiger partial charge in [0.25, 0.3) is 0 Å². The number of hydrogen-bond donors (Lipinski definition) is 1. The molecule has 2 saturated heterocycles. The molecule has 2 bridgehead atoms. The maximum absolute atomic E-state index is 13.9. The zero-order valence-corrected chi connectivity index (χ0v) is 22.6. The summed E-state index contributed by atoms with van der Waals surface area (Å²) in [7, 11) is 0. The number of carbonyl (C=O) groups is 3. The van der Waals surface area contributed by atoms with Crippen molar-refractivity contribution in [3.63, 3.8) is 0 Å². The smallest absolute Gasteiger partial charge is 0.223 e. The maximum atomic E-state index is 13.9. The molecule has 0 saturated carbocycles. The Bertz CT molecular complexity index is 1460. The fraction of sp³-hybridized carbons (Fsp3) is 0.387. The van der Waals surface area contributed by atoms with E-state index >= 15 is 0 Å². The number of Topliss-reactive ketones (excluding diaryl/α,β-unsaturated/α-hetero) is 1. The molecule has 6 nitrogen and oxygen atoms in total. The number of fused-ring (bicyclic) bond motifs is 3. The predicted octanol–water partition coefficient (Wildman–Crippen LogP) is 1.17. The van der Waals surface area contributed by atoms with E-state index in [0.717, 1.165) is 76.9 Å². The number of hydrogen-bond acceptors (Lipinski definition) is 4. The largest absolute Gasteiger partial charge is 1.00 e. The standard InChI is InChI=1S/C31H31N3O3.ClH/c1-3-20-16-34(17-28(37)22-8-9-27-21(14-22)10-12-33(27)19(2)36)13-11-31-25-6-4-5-7-26(25)32-30(31)24(18-35)23(20)15-29(31)34;/h3-9,14,18,23,29H,10-13,15-17H2,1-2H3;1H/b20-3-;/t23-,29?,31+,34?;/m0./s1. The number of piperidine rings is 1. The van der Waals surface area contributed by atoms with Gasteiger partial charge in [-0.3, -0.25) is 14.4 Å². The average Bonchev–Trinajstić information content (AvgIpc) is 3.58. The minimum Gasteiger partial charge on any atom is -1.00 e. The van der Waals surface area contributed by atoms with Crippen LogP contribution in [0.25, 0.3) is 0 Å². The van der Waals surface area contributed by atoms with Crippen LogP contribution in [0.3, 0.4) is 0 Å². The van der Waals surface area contributed by atoms with Gasteiger partial charge in [0, 0.05) is 60.4 Å². The zero-order chi connectivity index (χ0) is 25.5. The summed E-state index contributed by atoms with van der Waals surface area (Å²) in [6.07, 6.45) is 5.88. The van der Waals surface area contributed by atoms with Crippen LogP contribution in [0.2, 0.25) is 0 Å². The van der Waals surface area contributed by atoms with Crippen molar-refractivity contribution in [2.45, 2.75) is 44.6 Å². The highest BCUT2D eigenvalue weighted by atomic mass is 35.5. The van der Waals surface area contributed by atoms with Crippen LogP contribution in [-0.2, 0) is 21.4 Å². The number of halogens is 1. The molecule has 4 heterocycles. The molecule has 38 heavy (non-hydrogen) atoms. The maximum Gasteiger partial charge on any atom is 0.223 e. The van der Waals surface area contributed by atoms with E-state index in [1.165, 1.54) is 11.1 Å². The fourth-order valence-electron chi connectivity index (χ4n) is 8.41. The van der Waals surface area contributed by atoms with Crippen LogP contribution in [0, 0.1) is 5.92 Å². The van der Waals surface area contributed by atoms with Crippen molar-refractivity contribution in [3.8, 4) is 0 Å². The number of benzene rings is 2. The van der Waals surface area contributed by atoms with Crippen LogP contribution < -0.4 is 22.6 Å². The van der Waals surface area contributed by atoms with Gasteiger partial charge in [0.1, 0.15) is 25.4 Å². The number of anilines is 2. The van der Waals surface area contributed by atoms with Crippen molar-refractivity contribution in [3.05, 3.63) is 82.1 Å². The van der Waals surface area contributed by atoms with Crippen LogP contribution in [0.1, 0.15) is 48.2 Å². The summed E-state index contributed by atoms with van der Waals surface area (Å²) < 4.78 is 0.747. The van der Waals surface area contributed by atoms with Crippen molar-refractivity contribution >= 4 is 29.4 Å². The van der Waals surface area contributed by atoms with Gasteiger partial charge in [-0.2, -0.15) is 0 Å². The van der Waals surface area contributed by atoms with Crippen molar-refractivity contribution in [1.82, 2.24) is 0 Å². The number of allylic oxidation sites excluding steroid dienone is 2. The van der Waals surface area contributed by atoms with Crippen molar-refractivity contribution < 1.29 is 31.3 Å². The lowest BCUT2D eigenvalue weighted by molar-refractivity contribution is -0.934. The van der Waals surface area contributed by atoms with Gasteiger partial charge in [-0.25, -0.2) is 0 Å². The topological polar surface area (TPSA) is 66.5 Å². The van der Waals surface area contributed by atoms with Gasteiger partial charge in [-0.1, -0.05) is 24.3 Å². The Morgan fingerprint density at radius 3 is 2.79 bits per heavy atom. The van der Waals surface area contributed by atoms with Gasteiger partial charge in [0.05, 0.1) is 12.0 Å². The molecular weight excluding hydrogens is 498 g/mol. The summed E-state index contributed by atoms with van der Waals surface area (Å²) in [4.78, 5) is 40.2. The van der Waals surface area contributed by atoms with Crippen LogP contribution >= 0.6 is 0 Å². The van der Waals surface area contributed by atoms with E-state index in [0.29, 0.717) is 13.1 Å². The van der Waals surface area contributed by atoms with E-state index < -0.39 is 0 Å². The highest BCUT2D eigenvalue weighted by Gasteiger charge is 2.68. The second-order valence-corrected chi connectivity index (χ2v) is 11.5. The summed E-state index contributed by atoms with van der Waals surface area (Å²) in [6, 6.07) is 14.6. The molecule has 2 fully saturated rings. The highest BCUT2D eigenvalue weighted by molar-refractivity contribution is 5.99. The quantitative estimate of drug-likeness (QED) is 0.279. The number of aldehydes is 1. The minimum absolute atomic E-state index is 0. The van der Waals surface area contributed by atoms with Crippen molar-refractivity contribution in [1.29, 1.82) is 0 Å². The molecule has 4 atom stereocenters. The highest BCUT2D eigenvalue weighted by Crippen LogP contribution is 2.63. The van der Waals surface area contributed by atoms with Crippen LogP contribution in [-0.4, -0.2) is 54.7 Å². The normalized spacial score (nSPS) is 30.8. The first-order chi connectivity index (χ1) is 17.9. The molecule has 2 unspecified atom stereocenters. The number of para-hydroxylation sites is 1. The lowest BCUT2D eigenvalue weighted by atomic mass is 9.61. The minimum atomic E-state index is -0.233. The lowest BCUT2D eigenvalue weighted by Gasteiger charge is -2.53. The molecule has 0 radical (unpaired) electrons. The van der Waals surface area contributed by atoms with E-state index in [4.69, 9.17) is 0 Å². The molecule has 1 spiro atoms. The Kier molecular flexibility index (Phi) is 5.71. The monoisotopic (exact) mass is 529 g/mol. The van der Waals surface area contributed by atoms with Crippen LogP contribution in [0.4, 0.5) is 11.4 Å². The van der Waals surface area contributed by atoms with Gasteiger partial charge in [0.2, 0.25) is 11.7 Å². The summed E-state index contributed by atoms with van der Waals surface area (Å²) in [5, 5.41) is 3.67. The third-order valence-corrected chi connectivity index (χ3v) is 10.00. The summed E-state index contributed by atoms with van der Waals surface area (Å²) >= 11 is 0. The van der Waals surface area contributed by atoms with E-state index in [-0.39, 0.29) is 41.5 Å². The SMILES string of the molecule is C/C=C1/C[N+]2(CC(=O)c3ccc4c(c3)CCN4C(C)=O)CC[C@]34C(=C(C=O)[C@H]1CC32)Nc1ccccc14.[Cl-]. The summed E-state index contributed by atoms with van der Waals surface area (Å²) in [5.74, 6) is 0.331. The van der Waals surface area contributed by atoms with Gasteiger partial charge < -0.3 is 27.1 Å². The summed E-state index contributed by atoms with van der Waals surface area (Å²) in [5.41, 5.74) is 8.17. The number of quaternary nitrogens is 1. The van der Waals surface area contributed by atoms with Gasteiger partial charge >= 0.3 is 0 Å². The molecule has 2 aromatic rings. The van der Waals surface area contributed by atoms with E-state index in [2.05, 4.69) is 36.5 Å². The molecule has 196 valence electrons. The number of nitrogens with zero attached hydrogens (tertiary/aromatic N) is 2. The Labute approximate surface area is 229 Å². The molecule has 5 aliphatic rings. The van der Waals surface area contributed by atoms with Crippen molar-refractivity contribution in [2.75, 3.05) is 36.4 Å². The number of amides is 1. The summed E-state index contributed by atoms with van der Waals surface area (Å²) in [6.45, 7) is 6.52. The molecule has 7 rings (SSSR count). The van der Waals surface area contributed by atoms with E-state index in [9.17, 15) is 14.4 Å². The van der Waals surface area contributed by atoms with Crippen LogP contribution in [0.15, 0.2) is 65.4 Å². The Morgan fingerprint density at radius 2 is 2.03 bits per heavy atom. The zero-order valence-electron chi connectivity index (χ0n) is 21.8. The third-order valence-electron chi connectivity index (χ3n) is 10.00. The van der Waals surface area contributed by atoms with Gasteiger partial charge in [0.15, 0.2) is 0 Å². The van der Waals surface area contributed by atoms with E-state index in [1.54, 1.807) is 11.8 Å². The molecule has 2 aromatic carbocycles. The Balaban J connectivity index is 0.00000264. The molecular formula is C31H32ClN3O3. The molecule has 1 aliphatic carbocycles. The first-order valence-electron chi connectivity index (χ1n) is 13.4. The Hall–Kier alpha value is -3.22. The second-order valence-electron chi connectivity index (χ2n) is 11.5. The first kappa shape index (κ1) is 25.1. The first-order valence-corrected chi connectivity index (χ1v) is 13.4. The second kappa shape index (κ2) is 8.65. The van der Waals surface area contributed by atoms with Gasteiger partial charge in [-0.05, 0) is 54.3 Å². The number of ketones is 1. The number of carbonyl (C=O) groups excluding carboxylic acids is 3. The van der Waals surface area contributed by atoms with Crippen molar-refractivity contribution in [2.24, 2.45) is 5.92 Å². The lowest BCUT2D eigenvalue weighted by Crippen LogP contribution is -3.00. The molecule has 7 heteroatoms. The molecule has 1 amide bonds. The van der Waals surface area contributed by atoms with E-state index in [1.807, 2.05) is 24.3 Å². The number of rotatable bonds is 4. The predicted molar refractivity (Wildman–Crippen MR) is 142 cm³/mol. The number of nitrogens with one attached hydrogen (secondary N) is 1. The molecule has 1 N–H and O–H groups in total. The van der Waals surface area contributed by atoms with Gasteiger partial charge in [-0.15, -0.1) is 0 Å². The Morgan fingerprint density at radius 1 is 1.21 bits per heavy atom. The third kappa shape index (κ3) is 3.13. The van der Waals surface area contributed by atoms with Crippen LogP contribution in [0.5, 0.6) is 0 Å². The average molecular weight is 530 g/mol. The molecule has 4 aliphatic heterocycles.